The fourth-order valence-electron chi connectivity index (χ4n) is 6.43. The molecule has 4 aliphatic heterocycles. The number of likely N-dealkylation sites (N-methyl/N-ethyl adjacent to an activating group) is 1. The van der Waals surface area contributed by atoms with Crippen LogP contribution in [0.2, 0.25) is 0 Å². The number of hydrogen-bond donors (Lipinski definition) is 1. The molecular weight excluding hydrogens is 434 g/mol. The van der Waals surface area contributed by atoms with E-state index in [2.05, 4.69) is 6.92 Å². The van der Waals surface area contributed by atoms with E-state index in [0.29, 0.717) is 32.5 Å². The van der Waals surface area contributed by atoms with Gasteiger partial charge in [-0.2, -0.15) is 0 Å². The van der Waals surface area contributed by atoms with Crippen LogP contribution >= 0.6 is 0 Å². The topological polar surface area (TPSA) is 90.4 Å². The predicted octanol–water partition coefficient (Wildman–Crippen LogP) is 1.74. The minimum Gasteiger partial charge on any atom is -0.394 e. The van der Waals surface area contributed by atoms with Gasteiger partial charge in [0.2, 0.25) is 17.7 Å². The van der Waals surface area contributed by atoms with Crippen molar-refractivity contribution in [2.24, 2.45) is 11.8 Å². The highest BCUT2D eigenvalue weighted by atomic mass is 16.5. The number of unbranched alkanes of at least 4 members (excludes halogenated alkanes) is 2. The Morgan fingerprint density at radius 2 is 1.76 bits per heavy atom. The van der Waals surface area contributed by atoms with Crippen LogP contribution in [-0.4, -0.2) is 94.1 Å². The van der Waals surface area contributed by atoms with Crippen LogP contribution in [0.4, 0.5) is 0 Å². The molecule has 2 fully saturated rings. The van der Waals surface area contributed by atoms with E-state index in [1.54, 1.807) is 21.7 Å². The van der Waals surface area contributed by atoms with Gasteiger partial charge in [0.15, 0.2) is 0 Å². The first-order chi connectivity index (χ1) is 16.3. The lowest BCUT2D eigenvalue weighted by molar-refractivity contribution is -0.157. The van der Waals surface area contributed by atoms with Crippen LogP contribution in [0.1, 0.15) is 52.9 Å². The highest BCUT2D eigenvalue weighted by Crippen LogP contribution is 2.58. The van der Waals surface area contributed by atoms with Gasteiger partial charge in [-0.3, -0.25) is 14.4 Å². The first kappa shape index (κ1) is 24.9. The molecule has 0 bridgehead atoms. The third-order valence-corrected chi connectivity index (χ3v) is 8.27. The van der Waals surface area contributed by atoms with Crippen molar-refractivity contribution in [1.29, 1.82) is 0 Å². The van der Waals surface area contributed by atoms with E-state index in [4.69, 9.17) is 4.74 Å². The summed E-state index contributed by atoms with van der Waals surface area (Å²) in [6, 6.07) is -1.41. The number of ether oxygens (including phenoxy) is 1. The third-order valence-electron chi connectivity index (χ3n) is 8.27. The molecule has 4 heterocycles. The van der Waals surface area contributed by atoms with Crippen LogP contribution < -0.4 is 0 Å². The number of aliphatic hydroxyl groups excluding tert-OH is 1. The van der Waals surface area contributed by atoms with E-state index in [0.717, 1.165) is 19.3 Å². The summed E-state index contributed by atoms with van der Waals surface area (Å²) in [5, 5.41) is 10.2. The van der Waals surface area contributed by atoms with Crippen molar-refractivity contribution in [1.82, 2.24) is 14.7 Å². The Labute approximate surface area is 202 Å². The number of fused-ring (bicyclic) bond motifs is 2. The molecule has 0 aliphatic carbocycles. The Bertz CT molecular complexity index is 884. The van der Waals surface area contributed by atoms with E-state index in [-0.39, 0.29) is 24.3 Å². The molecule has 0 aromatic carbocycles. The highest BCUT2D eigenvalue weighted by molar-refractivity contribution is 6.00. The molecule has 0 aromatic rings. The van der Waals surface area contributed by atoms with Crippen molar-refractivity contribution in [2.75, 3.05) is 33.3 Å². The Morgan fingerprint density at radius 1 is 1.03 bits per heavy atom. The van der Waals surface area contributed by atoms with Gasteiger partial charge < -0.3 is 24.5 Å². The number of hydrogen-bond acceptors (Lipinski definition) is 5. The van der Waals surface area contributed by atoms with Gasteiger partial charge in [-0.05, 0) is 19.3 Å². The van der Waals surface area contributed by atoms with Gasteiger partial charge in [0.1, 0.15) is 11.6 Å². The van der Waals surface area contributed by atoms with Gasteiger partial charge in [-0.1, -0.05) is 57.9 Å². The number of carbonyl (C=O) groups is 3. The van der Waals surface area contributed by atoms with E-state index in [1.165, 1.54) is 0 Å². The quantitative estimate of drug-likeness (QED) is 0.428. The molecule has 0 saturated carbocycles. The number of aliphatic hydroxyl groups is 1. The van der Waals surface area contributed by atoms with Gasteiger partial charge >= 0.3 is 0 Å². The highest BCUT2D eigenvalue weighted by Gasteiger charge is 2.75. The Hall–Kier alpha value is -2.19. The largest absolute Gasteiger partial charge is 0.394 e. The van der Waals surface area contributed by atoms with Crippen molar-refractivity contribution < 1.29 is 24.2 Å². The molecule has 34 heavy (non-hydrogen) atoms. The number of rotatable bonds is 8. The van der Waals surface area contributed by atoms with Gasteiger partial charge in [0.05, 0.1) is 30.1 Å². The van der Waals surface area contributed by atoms with Crippen molar-refractivity contribution in [3.63, 3.8) is 0 Å². The number of likely N-dealkylation sites (tertiary alicyclic amines) is 1. The Balaban J connectivity index is 1.86. The predicted molar refractivity (Wildman–Crippen MR) is 128 cm³/mol. The molecule has 4 aliphatic rings. The van der Waals surface area contributed by atoms with Gasteiger partial charge in [0.25, 0.3) is 0 Å². The Morgan fingerprint density at radius 3 is 2.41 bits per heavy atom. The smallest absolute Gasteiger partial charge is 0.249 e. The van der Waals surface area contributed by atoms with E-state index in [1.807, 2.05) is 38.2 Å². The molecule has 1 N–H and O–H groups in total. The SMILES string of the molecule is CCCCCN1CC=C[C@]23O[C@]4(CC)C=CCN(C)C(=O)[C@@H]4[C@H]2C(=O)N([C@@H](CC)CO)C3C1=O. The van der Waals surface area contributed by atoms with Crippen molar-refractivity contribution in [3.8, 4) is 0 Å². The molecule has 1 unspecified atom stereocenters. The zero-order chi connectivity index (χ0) is 24.7. The van der Waals surface area contributed by atoms with Crippen LogP contribution in [0.5, 0.6) is 0 Å². The fourth-order valence-corrected chi connectivity index (χ4v) is 6.43. The summed E-state index contributed by atoms with van der Waals surface area (Å²) in [6.07, 6.45) is 11.7. The zero-order valence-electron chi connectivity index (χ0n) is 20.9. The monoisotopic (exact) mass is 473 g/mol. The summed E-state index contributed by atoms with van der Waals surface area (Å²) in [5.41, 5.74) is -2.19. The Kier molecular flexibility index (Phi) is 6.93. The van der Waals surface area contributed by atoms with Crippen LogP contribution in [0.25, 0.3) is 0 Å². The second-order valence-corrected chi connectivity index (χ2v) is 10.1. The van der Waals surface area contributed by atoms with E-state index < -0.39 is 35.1 Å². The van der Waals surface area contributed by atoms with Crippen LogP contribution in [0.3, 0.4) is 0 Å². The average Bonchev–Trinajstić information content (AvgIpc) is 3.13. The minimum absolute atomic E-state index is 0.135. The summed E-state index contributed by atoms with van der Waals surface area (Å²) in [4.78, 5) is 46.9. The molecule has 6 atom stereocenters. The van der Waals surface area contributed by atoms with E-state index in [9.17, 15) is 19.5 Å². The fraction of sp³-hybridized carbons (Fsp3) is 0.731. The first-order valence-electron chi connectivity index (χ1n) is 12.8. The maximum absolute atomic E-state index is 14.1. The molecule has 0 radical (unpaired) electrons. The molecule has 4 rings (SSSR count). The maximum Gasteiger partial charge on any atom is 0.249 e. The second-order valence-electron chi connectivity index (χ2n) is 10.1. The molecule has 3 amide bonds. The molecule has 2 saturated heterocycles. The maximum atomic E-state index is 14.1. The van der Waals surface area contributed by atoms with Gasteiger partial charge in [-0.15, -0.1) is 0 Å². The normalized spacial score (nSPS) is 35.9. The standard InChI is InChI=1S/C26H39N3O5/c1-5-8-9-15-28-16-11-13-26-20(23(32)29(18(6-2)17-30)21(26)24(28)33)19-22(31)27(4)14-10-12-25(19,7-3)34-26/h10-13,18-21,30H,5-9,14-17H2,1-4H3/t18-,19-,20-,21?,25+,26-/m0/s1. The lowest BCUT2D eigenvalue weighted by Gasteiger charge is -2.40. The summed E-state index contributed by atoms with van der Waals surface area (Å²) in [7, 11) is 1.74. The van der Waals surface area contributed by atoms with Crippen LogP contribution in [-0.2, 0) is 19.1 Å². The van der Waals surface area contributed by atoms with Crippen molar-refractivity contribution in [2.45, 2.75) is 76.2 Å². The summed E-state index contributed by atoms with van der Waals surface area (Å²) >= 11 is 0. The molecule has 8 heteroatoms. The number of amides is 3. The molecule has 0 aromatic heterocycles. The zero-order valence-corrected chi connectivity index (χ0v) is 20.9. The second kappa shape index (κ2) is 9.46. The summed E-state index contributed by atoms with van der Waals surface area (Å²) < 4.78 is 6.87. The molecular formula is C26H39N3O5. The molecule has 188 valence electrons. The van der Waals surface area contributed by atoms with Crippen molar-refractivity contribution in [3.05, 3.63) is 24.3 Å². The number of nitrogens with zero attached hydrogens (tertiary/aromatic N) is 3. The van der Waals surface area contributed by atoms with Crippen molar-refractivity contribution >= 4 is 17.7 Å². The first-order valence-corrected chi connectivity index (χ1v) is 12.8. The van der Waals surface area contributed by atoms with E-state index >= 15 is 0 Å². The summed E-state index contributed by atoms with van der Waals surface area (Å²) in [6.45, 7) is 7.25. The van der Waals surface area contributed by atoms with Crippen LogP contribution in [0.15, 0.2) is 24.3 Å². The van der Waals surface area contributed by atoms with Gasteiger partial charge in [-0.25, -0.2) is 0 Å². The molecule has 1 spiro atoms. The lowest BCUT2D eigenvalue weighted by atomic mass is 9.73. The molecule has 8 nitrogen and oxygen atoms in total. The summed E-state index contributed by atoms with van der Waals surface area (Å²) in [5.74, 6) is -2.09. The average molecular weight is 474 g/mol. The van der Waals surface area contributed by atoms with Crippen LogP contribution in [0, 0.1) is 11.8 Å². The van der Waals surface area contributed by atoms with Gasteiger partial charge in [0, 0.05) is 26.7 Å². The lowest BCUT2D eigenvalue weighted by Crippen LogP contribution is -2.58. The number of carbonyl (C=O) groups excluding carboxylic acids is 3. The third kappa shape index (κ3) is 3.52. The minimum atomic E-state index is -1.24.